The van der Waals surface area contributed by atoms with Crippen LogP contribution in [0.15, 0.2) is 406 Å². The number of hydrogen-bond donors (Lipinski definition) is 0. The van der Waals surface area contributed by atoms with Gasteiger partial charge in [0.2, 0.25) is 5.69 Å². The van der Waals surface area contributed by atoms with Gasteiger partial charge >= 0.3 is 0 Å². The lowest BCUT2D eigenvalue weighted by atomic mass is 9.99. The highest BCUT2D eigenvalue weighted by Crippen LogP contribution is 2.47. The molecule has 11 nitrogen and oxygen atoms in total. The number of fused-ring (bicyclic) bond motifs is 18. The van der Waals surface area contributed by atoms with Gasteiger partial charge < -0.3 is 27.4 Å². The van der Waals surface area contributed by atoms with E-state index in [1.54, 1.807) is 0 Å². The molecule has 0 amide bonds. The fraction of sp³-hybridized carbons (Fsp3) is 0. The van der Waals surface area contributed by atoms with E-state index in [-0.39, 0.29) is 0 Å². The van der Waals surface area contributed by atoms with E-state index in [9.17, 15) is 5.26 Å². The van der Waals surface area contributed by atoms with Crippen LogP contribution in [0.3, 0.4) is 0 Å². The summed E-state index contributed by atoms with van der Waals surface area (Å²) in [5.74, 6) is 0. The van der Waals surface area contributed by atoms with Crippen molar-refractivity contribution < 1.29 is 0 Å². The molecule has 0 saturated carbocycles. The minimum absolute atomic E-state index is 0.622. The van der Waals surface area contributed by atoms with Crippen molar-refractivity contribution in [2.45, 2.75) is 0 Å². The molecule has 0 aliphatic heterocycles. The van der Waals surface area contributed by atoms with Gasteiger partial charge in [0.15, 0.2) is 17.1 Å². The highest BCUT2D eigenvalue weighted by atomic mass is 15.0. The van der Waals surface area contributed by atoms with Gasteiger partial charge in [0.05, 0.1) is 110 Å². The lowest BCUT2D eigenvalue weighted by Gasteiger charge is -2.12. The number of nitrogens with zero attached hydrogens (tertiary/aromatic N) is 11. The molecular weight excluding hydrogens is 1510 g/mol. The van der Waals surface area contributed by atoms with Crippen molar-refractivity contribution in [1.29, 1.82) is 5.26 Å². The molecule has 0 bridgehead atoms. The molecule has 6 aromatic heterocycles. The lowest BCUT2D eigenvalue weighted by molar-refractivity contribution is 1.18. The summed E-state index contributed by atoms with van der Waals surface area (Å²) in [6.45, 7) is 30.4. The van der Waals surface area contributed by atoms with E-state index in [1.807, 2.05) is 91.0 Å². The van der Waals surface area contributed by atoms with Crippen molar-refractivity contribution in [1.82, 2.24) is 27.4 Å². The Bertz CT molecular complexity index is 8730. The number of nitriles is 1. The fourth-order valence-corrected chi connectivity index (χ4v) is 19.0. The van der Waals surface area contributed by atoms with Crippen LogP contribution in [-0.4, -0.2) is 27.4 Å². The Morgan fingerprint density at radius 3 is 0.887 bits per heavy atom. The van der Waals surface area contributed by atoms with E-state index in [4.69, 9.17) is 26.3 Å². The Morgan fingerprint density at radius 2 is 0.492 bits per heavy atom. The normalized spacial score (nSPS) is 11.3. The van der Waals surface area contributed by atoms with E-state index >= 15 is 0 Å². The first kappa shape index (κ1) is 72.7. The van der Waals surface area contributed by atoms with Gasteiger partial charge in [0.25, 0.3) is 0 Å². The average Bonchev–Trinajstić information content (AvgIpc) is 1.58. The second kappa shape index (κ2) is 30.0. The van der Waals surface area contributed by atoms with Crippen LogP contribution in [-0.2, 0) is 0 Å². The van der Waals surface area contributed by atoms with E-state index < -0.39 is 0 Å². The van der Waals surface area contributed by atoms with Crippen molar-refractivity contribution in [3.63, 3.8) is 0 Å². The van der Waals surface area contributed by atoms with Crippen molar-refractivity contribution in [2.75, 3.05) is 0 Å². The maximum atomic E-state index is 9.31. The van der Waals surface area contributed by atoms with Crippen LogP contribution in [0.5, 0.6) is 0 Å². The molecule has 6 heterocycles. The van der Waals surface area contributed by atoms with Crippen LogP contribution in [0.25, 0.3) is 218 Å². The van der Waals surface area contributed by atoms with Crippen LogP contribution >= 0.6 is 0 Å². The predicted octanol–water partition coefficient (Wildman–Crippen LogP) is 30.7. The maximum absolute atomic E-state index is 9.31. The Morgan fingerprint density at radius 1 is 0.202 bits per heavy atom. The van der Waals surface area contributed by atoms with Crippen LogP contribution in [0.1, 0.15) is 5.56 Å². The van der Waals surface area contributed by atoms with Gasteiger partial charge in [0.1, 0.15) is 0 Å². The summed E-state index contributed by atoms with van der Waals surface area (Å²) in [6, 6.07) is 143. The number of para-hydroxylation sites is 9. The van der Waals surface area contributed by atoms with E-state index in [2.05, 4.69) is 368 Å². The first-order valence-corrected chi connectivity index (χ1v) is 41.0. The number of hydrogen-bond acceptors (Lipinski definition) is 1. The summed E-state index contributed by atoms with van der Waals surface area (Å²) in [4.78, 5) is 14.9. The number of aromatic nitrogens is 6. The first-order valence-electron chi connectivity index (χ1n) is 41.0. The standard InChI is InChI=1S/2C38H22N4.C37H23N3/c1-39-26-21-22-35-31(24-26)29-13-3-6-17-33(29)41(35)27-12-9-11-25(23-27)28-15-10-20-37-38(28)30-14-4-7-18-34(30)42(37)36-19-8-5-16-32(36)40-2;1-39-26-11-8-13-29(23-26)42-35-18-6-4-15-32(35)38-30(16-9-19-37(38)42)25-10-7-12-28(22-25)41-34-17-5-3-14-31(34)33-24-27(40-2)20-21-36(33)41;38-24-25-19-21-27(22-20-25)39-35-17-6-3-13-32(35)37-29(14-8-18-36(37)39)26-9-7-10-28(23-26)40-33-15-4-1-11-30(33)31-12-2-5-16-34(31)40/h2*3-24H;1-23H. The quantitative estimate of drug-likeness (QED) is 0.133. The Hall–Kier alpha value is -17.8. The molecule has 0 radical (unpaired) electrons. The molecule has 0 saturated heterocycles. The van der Waals surface area contributed by atoms with Crippen LogP contribution in [0.2, 0.25) is 0 Å². The molecule has 24 aromatic rings. The van der Waals surface area contributed by atoms with Gasteiger partial charge in [0, 0.05) is 82.3 Å². The predicted molar refractivity (Wildman–Crippen MR) is 511 cm³/mol. The summed E-state index contributed by atoms with van der Waals surface area (Å²) in [5.41, 5.74) is 29.7. The summed E-state index contributed by atoms with van der Waals surface area (Å²) in [7, 11) is 0. The summed E-state index contributed by atoms with van der Waals surface area (Å²) >= 11 is 0. The molecule has 0 unspecified atom stereocenters. The minimum Gasteiger partial charge on any atom is -0.319 e. The van der Waals surface area contributed by atoms with Crippen LogP contribution in [0, 0.1) is 37.6 Å². The molecule has 11 heteroatoms. The third-order valence-electron chi connectivity index (χ3n) is 24.2. The van der Waals surface area contributed by atoms with Crippen LogP contribution in [0.4, 0.5) is 22.7 Å². The topological polar surface area (TPSA) is 70.8 Å². The van der Waals surface area contributed by atoms with Gasteiger partial charge in [-0.2, -0.15) is 5.26 Å². The number of benzene rings is 18. The van der Waals surface area contributed by atoms with Gasteiger partial charge in [-0.1, -0.05) is 243 Å². The molecule has 0 fully saturated rings. The Labute approximate surface area is 712 Å². The Kier molecular flexibility index (Phi) is 17.6. The first-order chi connectivity index (χ1) is 61.3. The van der Waals surface area contributed by atoms with Gasteiger partial charge in [-0.3, -0.25) is 0 Å². The lowest BCUT2D eigenvalue weighted by Crippen LogP contribution is -1.95. The number of rotatable bonds is 9. The van der Waals surface area contributed by atoms with Crippen molar-refractivity contribution in [3.05, 3.63) is 458 Å². The maximum Gasteiger partial charge on any atom is 0.210 e. The van der Waals surface area contributed by atoms with Gasteiger partial charge in [-0.25, -0.2) is 19.4 Å². The summed E-state index contributed by atoms with van der Waals surface area (Å²) in [6.07, 6.45) is 0. The van der Waals surface area contributed by atoms with E-state index in [0.717, 1.165) is 144 Å². The molecule has 0 aliphatic rings. The summed E-state index contributed by atoms with van der Waals surface area (Å²) in [5, 5.41) is 23.4. The molecular formula is C113H67N11. The smallest absolute Gasteiger partial charge is 0.210 e. The van der Waals surface area contributed by atoms with Gasteiger partial charge in [-0.05, 0) is 208 Å². The molecule has 24 rings (SSSR count). The molecule has 0 spiro atoms. The highest BCUT2D eigenvalue weighted by molar-refractivity contribution is 6.20. The van der Waals surface area contributed by atoms with Crippen molar-refractivity contribution in [2.24, 2.45) is 0 Å². The van der Waals surface area contributed by atoms with Crippen LogP contribution < -0.4 is 0 Å². The average molecular weight is 1580 g/mol. The molecule has 0 atom stereocenters. The SMILES string of the molecule is N#Cc1ccc(-n2c3ccccc3c3c(-c4cccc(-n5c6ccccc6c6ccccc65)c4)cccc32)cc1.[C-]#[N+]c1ccc2c(c1)c1ccccc1n2-c1cccc(-c2cccc3c2c2ccccc2n3-c2ccccc2[N+]#[C-])c1.[C-]#[N+]c1cccc(-n2c3ccccc3c3c(-c4cccc(-n5c6ccccc6c6cc([N+]#[C-])ccc65)c4)cccc32)c1. The zero-order chi connectivity index (χ0) is 83.0. The monoisotopic (exact) mass is 1580 g/mol. The van der Waals surface area contributed by atoms with Gasteiger partial charge in [-0.15, -0.1) is 0 Å². The highest BCUT2D eigenvalue weighted by Gasteiger charge is 2.24. The molecule has 0 N–H and O–H groups in total. The van der Waals surface area contributed by atoms with Crippen molar-refractivity contribution in [3.8, 4) is 73.6 Å². The zero-order valence-electron chi connectivity index (χ0n) is 66.6. The molecule has 18 aromatic carbocycles. The van der Waals surface area contributed by atoms with E-state index in [1.165, 1.54) is 54.5 Å². The van der Waals surface area contributed by atoms with Crippen molar-refractivity contribution >= 4 is 154 Å². The molecule has 574 valence electrons. The fourth-order valence-electron chi connectivity index (χ4n) is 19.0. The largest absolute Gasteiger partial charge is 0.319 e. The molecule has 0 aliphatic carbocycles. The Balaban J connectivity index is 0.000000111. The zero-order valence-corrected chi connectivity index (χ0v) is 66.6. The van der Waals surface area contributed by atoms with E-state index in [0.29, 0.717) is 28.3 Å². The second-order valence-electron chi connectivity index (χ2n) is 30.9. The second-order valence-corrected chi connectivity index (χ2v) is 30.9. The minimum atomic E-state index is 0.622. The third kappa shape index (κ3) is 11.8. The summed E-state index contributed by atoms with van der Waals surface area (Å²) < 4.78 is 13.7. The molecule has 124 heavy (non-hydrogen) atoms. The third-order valence-corrected chi connectivity index (χ3v) is 24.2.